The number of nitrogens with zero attached hydrogens (tertiary/aromatic N) is 1. The summed E-state index contributed by atoms with van der Waals surface area (Å²) in [6.45, 7) is 1.84. The molecule has 132 valence electrons. The normalized spacial score (nSPS) is 13.4. The van der Waals surface area contributed by atoms with Crippen LogP contribution in [0.25, 0.3) is 6.08 Å². The highest BCUT2D eigenvalue weighted by molar-refractivity contribution is 6.31. The second kappa shape index (κ2) is 7.54. The van der Waals surface area contributed by atoms with E-state index < -0.39 is 5.97 Å². The van der Waals surface area contributed by atoms with Crippen molar-refractivity contribution in [2.24, 2.45) is 0 Å². The van der Waals surface area contributed by atoms with Gasteiger partial charge < -0.3 is 4.74 Å². The molecule has 1 aliphatic rings. The van der Waals surface area contributed by atoms with Gasteiger partial charge in [-0.15, -0.1) is 0 Å². The number of hydrogen-bond acceptors (Lipinski definition) is 4. The molecule has 5 nitrogen and oxygen atoms in total. The van der Waals surface area contributed by atoms with Crippen LogP contribution in [0.5, 0.6) is 0 Å². The third-order valence-corrected chi connectivity index (χ3v) is 4.45. The second-order valence-electron chi connectivity index (χ2n) is 5.82. The fourth-order valence-corrected chi connectivity index (χ4v) is 2.79. The van der Waals surface area contributed by atoms with Crippen LogP contribution in [0.15, 0.2) is 48.5 Å². The van der Waals surface area contributed by atoms with E-state index >= 15 is 0 Å². The van der Waals surface area contributed by atoms with Gasteiger partial charge in [0.05, 0.1) is 17.7 Å². The Bertz CT molecular complexity index is 885. The Morgan fingerprint density at radius 2 is 1.77 bits per heavy atom. The van der Waals surface area contributed by atoms with Crippen LogP contribution in [0, 0.1) is 6.92 Å². The minimum atomic E-state index is -0.557. The molecule has 0 bridgehead atoms. The molecule has 2 amide bonds. The first-order valence-electron chi connectivity index (χ1n) is 8.03. The minimum Gasteiger partial charge on any atom is -0.461 e. The SMILES string of the molecule is Cc1ccc(/C=C/C(=O)OCCN2C(=O)c3ccccc3C2=O)cc1Cl. The first-order chi connectivity index (χ1) is 12.5. The Kier molecular flexibility index (Phi) is 5.19. The number of ether oxygens (including phenoxy) is 1. The zero-order valence-corrected chi connectivity index (χ0v) is 14.8. The predicted molar refractivity (Wildman–Crippen MR) is 98.0 cm³/mol. The number of halogens is 1. The molecule has 2 aromatic rings. The second-order valence-corrected chi connectivity index (χ2v) is 6.22. The Labute approximate surface area is 155 Å². The van der Waals surface area contributed by atoms with Crippen molar-refractivity contribution in [1.82, 2.24) is 4.90 Å². The number of amides is 2. The topological polar surface area (TPSA) is 63.7 Å². The Morgan fingerprint density at radius 1 is 1.12 bits per heavy atom. The van der Waals surface area contributed by atoms with Crippen molar-refractivity contribution >= 4 is 35.5 Å². The highest BCUT2D eigenvalue weighted by Gasteiger charge is 2.34. The third-order valence-electron chi connectivity index (χ3n) is 4.05. The summed E-state index contributed by atoms with van der Waals surface area (Å²) in [7, 11) is 0. The molecule has 1 heterocycles. The Morgan fingerprint density at radius 3 is 2.38 bits per heavy atom. The lowest BCUT2D eigenvalue weighted by atomic mass is 10.1. The molecule has 0 saturated carbocycles. The maximum Gasteiger partial charge on any atom is 0.330 e. The van der Waals surface area contributed by atoms with E-state index in [9.17, 15) is 14.4 Å². The highest BCUT2D eigenvalue weighted by Crippen LogP contribution is 2.22. The van der Waals surface area contributed by atoms with E-state index in [-0.39, 0.29) is 25.0 Å². The Hall–Kier alpha value is -2.92. The number of esters is 1. The van der Waals surface area contributed by atoms with Crippen molar-refractivity contribution in [2.45, 2.75) is 6.92 Å². The van der Waals surface area contributed by atoms with Gasteiger partial charge in [-0.05, 0) is 42.3 Å². The summed E-state index contributed by atoms with van der Waals surface area (Å²) in [5, 5.41) is 0.617. The van der Waals surface area contributed by atoms with E-state index in [0.29, 0.717) is 16.1 Å². The highest BCUT2D eigenvalue weighted by atomic mass is 35.5. The lowest BCUT2D eigenvalue weighted by Gasteiger charge is -2.13. The first kappa shape index (κ1) is 17.9. The summed E-state index contributed by atoms with van der Waals surface area (Å²) >= 11 is 6.03. The summed E-state index contributed by atoms with van der Waals surface area (Å²) in [4.78, 5) is 37.3. The predicted octanol–water partition coefficient (Wildman–Crippen LogP) is 3.50. The molecule has 2 aromatic carbocycles. The van der Waals surface area contributed by atoms with Crippen molar-refractivity contribution in [3.05, 3.63) is 75.8 Å². The average molecular weight is 370 g/mol. The molecular weight excluding hydrogens is 354 g/mol. The van der Waals surface area contributed by atoms with Gasteiger partial charge in [0, 0.05) is 11.1 Å². The zero-order chi connectivity index (χ0) is 18.7. The molecule has 6 heteroatoms. The largest absolute Gasteiger partial charge is 0.461 e. The molecule has 0 fully saturated rings. The molecule has 1 aliphatic heterocycles. The summed E-state index contributed by atoms with van der Waals surface area (Å²) in [5.41, 5.74) is 2.48. The van der Waals surface area contributed by atoms with Crippen molar-refractivity contribution in [2.75, 3.05) is 13.2 Å². The maximum absolute atomic E-state index is 12.2. The van der Waals surface area contributed by atoms with Gasteiger partial charge in [-0.2, -0.15) is 0 Å². The fraction of sp³-hybridized carbons (Fsp3) is 0.150. The molecule has 0 aromatic heterocycles. The first-order valence-corrected chi connectivity index (χ1v) is 8.41. The van der Waals surface area contributed by atoms with Gasteiger partial charge in [-0.25, -0.2) is 4.79 Å². The van der Waals surface area contributed by atoms with Gasteiger partial charge >= 0.3 is 5.97 Å². The monoisotopic (exact) mass is 369 g/mol. The molecule has 26 heavy (non-hydrogen) atoms. The van der Waals surface area contributed by atoms with Crippen LogP contribution in [-0.2, 0) is 9.53 Å². The molecule has 3 rings (SSSR count). The molecule has 0 atom stereocenters. The number of fused-ring (bicyclic) bond motifs is 1. The van der Waals surface area contributed by atoms with Crippen molar-refractivity contribution < 1.29 is 19.1 Å². The molecule has 0 N–H and O–H groups in total. The summed E-state index contributed by atoms with van der Waals surface area (Å²) in [6.07, 6.45) is 2.87. The average Bonchev–Trinajstić information content (AvgIpc) is 2.88. The van der Waals surface area contributed by atoms with Gasteiger partial charge in [0.1, 0.15) is 6.61 Å². The quantitative estimate of drug-likeness (QED) is 0.459. The van der Waals surface area contributed by atoms with Crippen LogP contribution in [0.1, 0.15) is 31.8 Å². The number of aryl methyl sites for hydroxylation is 1. The van der Waals surface area contributed by atoms with Crippen molar-refractivity contribution in [3.8, 4) is 0 Å². The summed E-state index contributed by atoms with van der Waals surface area (Å²) in [6, 6.07) is 12.1. The van der Waals surface area contributed by atoms with Gasteiger partial charge in [-0.1, -0.05) is 35.9 Å². The molecule has 0 radical (unpaired) electrons. The number of carbonyl (C=O) groups excluding carboxylic acids is 3. The fourth-order valence-electron chi connectivity index (χ4n) is 2.60. The molecular formula is C20H16ClNO4. The van der Waals surface area contributed by atoms with E-state index in [1.54, 1.807) is 36.4 Å². The molecule has 0 unspecified atom stereocenters. The minimum absolute atomic E-state index is 0.0162. The lowest BCUT2D eigenvalue weighted by molar-refractivity contribution is -0.137. The number of rotatable bonds is 5. The van der Waals surface area contributed by atoms with Crippen LogP contribution in [0.2, 0.25) is 5.02 Å². The standard InChI is InChI=1S/C20H16ClNO4/c1-13-6-7-14(12-17(13)21)8-9-18(23)26-11-10-22-19(24)15-4-2-3-5-16(15)20(22)25/h2-9,12H,10-11H2,1H3/b9-8+. The Balaban J connectivity index is 1.53. The third kappa shape index (κ3) is 3.68. The van der Waals surface area contributed by atoms with E-state index in [4.69, 9.17) is 16.3 Å². The number of imide groups is 1. The summed E-state index contributed by atoms with van der Waals surface area (Å²) in [5.74, 6) is -1.30. The van der Waals surface area contributed by atoms with Gasteiger partial charge in [0.15, 0.2) is 0 Å². The molecule has 0 spiro atoms. The number of hydrogen-bond donors (Lipinski definition) is 0. The van der Waals surface area contributed by atoms with Crippen LogP contribution in [0.4, 0.5) is 0 Å². The number of carbonyl (C=O) groups is 3. The van der Waals surface area contributed by atoms with Crippen molar-refractivity contribution in [3.63, 3.8) is 0 Å². The van der Waals surface area contributed by atoms with E-state index in [1.807, 2.05) is 19.1 Å². The smallest absolute Gasteiger partial charge is 0.330 e. The molecule has 0 saturated heterocycles. The van der Waals surface area contributed by atoms with E-state index in [1.165, 1.54) is 6.08 Å². The van der Waals surface area contributed by atoms with Crippen LogP contribution in [0.3, 0.4) is 0 Å². The van der Waals surface area contributed by atoms with Gasteiger partial charge in [0.25, 0.3) is 11.8 Å². The van der Waals surface area contributed by atoms with Crippen molar-refractivity contribution in [1.29, 1.82) is 0 Å². The zero-order valence-electron chi connectivity index (χ0n) is 14.1. The van der Waals surface area contributed by atoms with Gasteiger partial charge in [0.2, 0.25) is 0 Å². The van der Waals surface area contributed by atoms with E-state index in [0.717, 1.165) is 16.0 Å². The number of benzene rings is 2. The lowest BCUT2D eigenvalue weighted by Crippen LogP contribution is -2.33. The van der Waals surface area contributed by atoms with Crippen LogP contribution < -0.4 is 0 Å². The van der Waals surface area contributed by atoms with E-state index in [2.05, 4.69) is 0 Å². The maximum atomic E-state index is 12.2. The van der Waals surface area contributed by atoms with Crippen LogP contribution >= 0.6 is 11.6 Å². The van der Waals surface area contributed by atoms with Gasteiger partial charge in [-0.3, -0.25) is 14.5 Å². The van der Waals surface area contributed by atoms with Crippen LogP contribution in [-0.4, -0.2) is 35.8 Å². The summed E-state index contributed by atoms with van der Waals surface area (Å²) < 4.78 is 5.07. The molecule has 0 aliphatic carbocycles.